The Labute approximate surface area is 154 Å². The molecule has 2 N–H and O–H groups in total. The van der Waals surface area contributed by atoms with Crippen molar-refractivity contribution in [1.29, 1.82) is 0 Å². The molecular formula is C20H28N4O2. The standard InChI is InChI=1S/C20H28N4O2/c1-2-3-12-21-19(25)14-24-17-8-5-4-7-16(17)23-18(24)9-6-13-22-20(26)15-10-11-15/h4-5,7-8,15H,2-3,6,9-14H2,1H3,(H,21,25)(H,22,26). The third kappa shape index (κ3) is 4.84. The number of aromatic nitrogens is 2. The van der Waals surface area contributed by atoms with Crippen LogP contribution in [0.1, 0.15) is 44.9 Å². The second-order valence-corrected chi connectivity index (χ2v) is 6.98. The molecule has 2 aromatic rings. The summed E-state index contributed by atoms with van der Waals surface area (Å²) in [7, 11) is 0. The quantitative estimate of drug-likeness (QED) is 0.642. The Morgan fingerprint density at radius 1 is 1.15 bits per heavy atom. The van der Waals surface area contributed by atoms with Gasteiger partial charge in [0.25, 0.3) is 0 Å². The first-order valence-electron chi connectivity index (χ1n) is 9.67. The molecule has 0 saturated heterocycles. The number of carbonyl (C=O) groups is 2. The lowest BCUT2D eigenvalue weighted by molar-refractivity contribution is -0.122. The smallest absolute Gasteiger partial charge is 0.240 e. The van der Waals surface area contributed by atoms with Crippen LogP contribution in [-0.4, -0.2) is 34.5 Å². The third-order valence-corrected chi connectivity index (χ3v) is 4.71. The van der Waals surface area contributed by atoms with Gasteiger partial charge in [-0.1, -0.05) is 25.5 Å². The highest BCUT2D eigenvalue weighted by molar-refractivity contribution is 5.81. The predicted octanol–water partition coefficient (Wildman–Crippen LogP) is 2.41. The lowest BCUT2D eigenvalue weighted by Crippen LogP contribution is -2.29. The van der Waals surface area contributed by atoms with Gasteiger partial charge in [-0.05, 0) is 37.8 Å². The number of unbranched alkanes of at least 4 members (excludes halogenated alkanes) is 1. The van der Waals surface area contributed by atoms with Gasteiger partial charge in [0.15, 0.2) is 0 Å². The molecular weight excluding hydrogens is 328 g/mol. The van der Waals surface area contributed by atoms with Gasteiger partial charge < -0.3 is 15.2 Å². The number of hydrogen-bond donors (Lipinski definition) is 2. The van der Waals surface area contributed by atoms with Crippen molar-refractivity contribution < 1.29 is 9.59 Å². The molecule has 1 aliphatic rings. The molecule has 1 fully saturated rings. The Morgan fingerprint density at radius 3 is 2.69 bits per heavy atom. The van der Waals surface area contributed by atoms with Crippen LogP contribution in [0.4, 0.5) is 0 Å². The van der Waals surface area contributed by atoms with Crippen molar-refractivity contribution in [2.75, 3.05) is 13.1 Å². The average Bonchev–Trinajstić information content (AvgIpc) is 3.43. The molecule has 0 unspecified atom stereocenters. The van der Waals surface area contributed by atoms with Gasteiger partial charge in [-0.2, -0.15) is 0 Å². The van der Waals surface area contributed by atoms with E-state index >= 15 is 0 Å². The third-order valence-electron chi connectivity index (χ3n) is 4.71. The summed E-state index contributed by atoms with van der Waals surface area (Å²) in [5.41, 5.74) is 1.89. The van der Waals surface area contributed by atoms with Gasteiger partial charge in [0, 0.05) is 25.4 Å². The van der Waals surface area contributed by atoms with Gasteiger partial charge in [-0.15, -0.1) is 0 Å². The topological polar surface area (TPSA) is 76.0 Å². The van der Waals surface area contributed by atoms with E-state index in [4.69, 9.17) is 4.98 Å². The van der Waals surface area contributed by atoms with Gasteiger partial charge >= 0.3 is 0 Å². The number of para-hydroxylation sites is 2. The second kappa shape index (κ2) is 8.83. The molecule has 1 saturated carbocycles. The van der Waals surface area contributed by atoms with Crippen LogP contribution in [0.2, 0.25) is 0 Å². The number of aryl methyl sites for hydroxylation is 1. The molecule has 6 heteroatoms. The summed E-state index contributed by atoms with van der Waals surface area (Å²) in [6, 6.07) is 7.90. The van der Waals surface area contributed by atoms with Crippen molar-refractivity contribution in [3.8, 4) is 0 Å². The van der Waals surface area contributed by atoms with E-state index in [1.807, 2.05) is 28.8 Å². The van der Waals surface area contributed by atoms with E-state index in [-0.39, 0.29) is 24.3 Å². The predicted molar refractivity (Wildman–Crippen MR) is 102 cm³/mol. The lowest BCUT2D eigenvalue weighted by Gasteiger charge is -2.10. The average molecular weight is 356 g/mol. The van der Waals surface area contributed by atoms with Crippen LogP contribution in [0, 0.1) is 5.92 Å². The van der Waals surface area contributed by atoms with Crippen molar-refractivity contribution in [1.82, 2.24) is 20.2 Å². The minimum absolute atomic E-state index is 0.0184. The molecule has 1 heterocycles. The molecule has 6 nitrogen and oxygen atoms in total. The van der Waals surface area contributed by atoms with Crippen LogP contribution >= 0.6 is 0 Å². The highest BCUT2D eigenvalue weighted by Gasteiger charge is 2.29. The van der Waals surface area contributed by atoms with E-state index in [9.17, 15) is 9.59 Å². The number of benzene rings is 1. The molecule has 2 amide bonds. The highest BCUT2D eigenvalue weighted by atomic mass is 16.2. The van der Waals surface area contributed by atoms with Crippen LogP contribution in [0.5, 0.6) is 0 Å². The maximum atomic E-state index is 12.3. The van der Waals surface area contributed by atoms with E-state index in [1.54, 1.807) is 0 Å². The fourth-order valence-electron chi connectivity index (χ4n) is 3.04. The van der Waals surface area contributed by atoms with E-state index < -0.39 is 0 Å². The first kappa shape index (κ1) is 18.4. The van der Waals surface area contributed by atoms with Gasteiger partial charge in [-0.3, -0.25) is 9.59 Å². The molecule has 0 spiro atoms. The normalized spacial score (nSPS) is 13.7. The summed E-state index contributed by atoms with van der Waals surface area (Å²) >= 11 is 0. The van der Waals surface area contributed by atoms with E-state index in [0.717, 1.165) is 55.4 Å². The molecule has 140 valence electrons. The molecule has 3 rings (SSSR count). The molecule has 0 bridgehead atoms. The summed E-state index contributed by atoms with van der Waals surface area (Å²) in [5.74, 6) is 1.34. The summed E-state index contributed by atoms with van der Waals surface area (Å²) in [6.45, 7) is 3.76. The van der Waals surface area contributed by atoms with Gasteiger partial charge in [-0.25, -0.2) is 4.98 Å². The number of rotatable bonds is 10. The first-order chi connectivity index (χ1) is 12.7. The number of carbonyl (C=O) groups excluding carboxylic acids is 2. The summed E-state index contributed by atoms with van der Waals surface area (Å²) in [6.07, 6.45) is 5.65. The van der Waals surface area contributed by atoms with Gasteiger partial charge in [0.2, 0.25) is 11.8 Å². The van der Waals surface area contributed by atoms with Crippen LogP contribution in [0.3, 0.4) is 0 Å². The first-order valence-corrected chi connectivity index (χ1v) is 9.67. The maximum absolute atomic E-state index is 12.3. The highest BCUT2D eigenvalue weighted by Crippen LogP contribution is 2.28. The molecule has 0 aliphatic heterocycles. The lowest BCUT2D eigenvalue weighted by atomic mass is 10.2. The fourth-order valence-corrected chi connectivity index (χ4v) is 3.04. The molecule has 26 heavy (non-hydrogen) atoms. The van der Waals surface area contributed by atoms with Crippen LogP contribution in [0.25, 0.3) is 11.0 Å². The minimum Gasteiger partial charge on any atom is -0.356 e. The molecule has 0 radical (unpaired) electrons. The van der Waals surface area contributed by atoms with E-state index in [0.29, 0.717) is 13.1 Å². The van der Waals surface area contributed by atoms with Crippen molar-refractivity contribution in [2.24, 2.45) is 5.92 Å². The van der Waals surface area contributed by atoms with Gasteiger partial charge in [0.05, 0.1) is 11.0 Å². The Balaban J connectivity index is 1.61. The Kier molecular flexibility index (Phi) is 6.26. The minimum atomic E-state index is 0.0184. The van der Waals surface area contributed by atoms with Crippen LogP contribution < -0.4 is 10.6 Å². The van der Waals surface area contributed by atoms with Crippen molar-refractivity contribution >= 4 is 22.8 Å². The number of nitrogens with one attached hydrogen (secondary N) is 2. The Morgan fingerprint density at radius 2 is 1.92 bits per heavy atom. The fraction of sp³-hybridized carbons (Fsp3) is 0.550. The Bertz CT molecular complexity index is 764. The van der Waals surface area contributed by atoms with Crippen LogP contribution in [0.15, 0.2) is 24.3 Å². The SMILES string of the molecule is CCCCNC(=O)Cn1c(CCCNC(=O)C2CC2)nc2ccccc21. The molecule has 1 aromatic carbocycles. The van der Waals surface area contributed by atoms with Gasteiger partial charge in [0.1, 0.15) is 12.4 Å². The zero-order chi connectivity index (χ0) is 18.4. The molecule has 0 atom stereocenters. The molecule has 1 aliphatic carbocycles. The van der Waals surface area contributed by atoms with Crippen molar-refractivity contribution in [3.05, 3.63) is 30.1 Å². The largest absolute Gasteiger partial charge is 0.356 e. The number of fused-ring (bicyclic) bond motifs is 1. The summed E-state index contributed by atoms with van der Waals surface area (Å²) in [4.78, 5) is 28.7. The number of hydrogen-bond acceptors (Lipinski definition) is 3. The summed E-state index contributed by atoms with van der Waals surface area (Å²) < 4.78 is 2.00. The summed E-state index contributed by atoms with van der Waals surface area (Å²) in [5, 5.41) is 5.96. The Hall–Kier alpha value is -2.37. The maximum Gasteiger partial charge on any atom is 0.240 e. The number of amides is 2. The van der Waals surface area contributed by atoms with Crippen molar-refractivity contribution in [3.63, 3.8) is 0 Å². The van der Waals surface area contributed by atoms with E-state index in [2.05, 4.69) is 17.6 Å². The number of imidazole rings is 1. The zero-order valence-electron chi connectivity index (χ0n) is 15.5. The van der Waals surface area contributed by atoms with Crippen molar-refractivity contribution in [2.45, 2.75) is 52.0 Å². The monoisotopic (exact) mass is 356 g/mol. The van der Waals surface area contributed by atoms with Crippen LogP contribution in [-0.2, 0) is 22.6 Å². The van der Waals surface area contributed by atoms with E-state index in [1.165, 1.54) is 0 Å². The second-order valence-electron chi connectivity index (χ2n) is 6.98. The number of nitrogens with zero attached hydrogens (tertiary/aromatic N) is 2. The zero-order valence-corrected chi connectivity index (χ0v) is 15.5. The molecule has 1 aromatic heterocycles.